The van der Waals surface area contributed by atoms with Gasteiger partial charge in [0.1, 0.15) is 6.61 Å². The van der Waals surface area contributed by atoms with Crippen LogP contribution in [0.15, 0.2) is 36.5 Å². The molecule has 0 aromatic rings. The van der Waals surface area contributed by atoms with Crippen LogP contribution in [0.4, 0.5) is 0 Å². The lowest BCUT2D eigenvalue weighted by molar-refractivity contribution is -0.163. The van der Waals surface area contributed by atoms with Crippen molar-refractivity contribution in [2.24, 2.45) is 0 Å². The fraction of sp³-hybridized carbons (Fsp3) is 0.837. The summed E-state index contributed by atoms with van der Waals surface area (Å²) in [5, 5.41) is 0. The minimum absolute atomic E-state index is 0.0791. The molecule has 5 nitrogen and oxygen atoms in total. The molecule has 0 aromatic carbocycles. The number of ether oxygens (including phenoxy) is 3. The Kier molecular flexibility index (Phi) is 43.9. The van der Waals surface area contributed by atoms with E-state index in [0.717, 1.165) is 57.8 Å². The van der Waals surface area contributed by atoms with Crippen molar-refractivity contribution >= 4 is 11.9 Å². The molecule has 0 N–H and O–H groups in total. The third kappa shape index (κ3) is 42.9. The van der Waals surface area contributed by atoms with E-state index in [-0.39, 0.29) is 25.2 Å². The quantitative estimate of drug-likeness (QED) is 0.0352. The Morgan fingerprint density at radius 2 is 0.778 bits per heavy atom. The number of rotatable bonds is 43. The van der Waals surface area contributed by atoms with E-state index in [4.69, 9.17) is 14.2 Å². The van der Waals surface area contributed by atoms with Crippen LogP contribution in [0.5, 0.6) is 0 Å². The first-order valence-electron chi connectivity index (χ1n) is 23.5. The number of unbranched alkanes of at least 4 members (excludes halogenated alkanes) is 26. The first kappa shape index (κ1) is 52.1. The molecule has 0 aliphatic carbocycles. The summed E-state index contributed by atoms with van der Waals surface area (Å²) in [6, 6.07) is 0. The van der Waals surface area contributed by atoms with Crippen molar-refractivity contribution in [2.45, 2.75) is 245 Å². The zero-order valence-electron chi connectivity index (χ0n) is 36.2. The van der Waals surface area contributed by atoms with Gasteiger partial charge in [0.25, 0.3) is 0 Å². The van der Waals surface area contributed by atoms with Crippen molar-refractivity contribution in [3.05, 3.63) is 36.5 Å². The van der Waals surface area contributed by atoms with Gasteiger partial charge >= 0.3 is 11.9 Å². The van der Waals surface area contributed by atoms with Crippen LogP contribution < -0.4 is 0 Å². The number of hydrogen-bond donors (Lipinski definition) is 0. The summed E-state index contributed by atoms with van der Waals surface area (Å²) in [5.74, 6) is -0.411. The molecule has 0 fully saturated rings. The van der Waals surface area contributed by atoms with Gasteiger partial charge < -0.3 is 14.2 Å². The Hall–Kier alpha value is -1.88. The largest absolute Gasteiger partial charge is 0.462 e. The molecule has 0 aliphatic heterocycles. The number of hydrogen-bond acceptors (Lipinski definition) is 5. The number of carbonyl (C=O) groups is 2. The normalized spacial score (nSPS) is 12.4. The highest BCUT2D eigenvalue weighted by molar-refractivity contribution is 5.70. The zero-order valence-corrected chi connectivity index (χ0v) is 36.2. The van der Waals surface area contributed by atoms with E-state index in [9.17, 15) is 9.59 Å². The third-order valence-electron chi connectivity index (χ3n) is 10.1. The van der Waals surface area contributed by atoms with E-state index in [1.807, 2.05) is 0 Å². The number of allylic oxidation sites excluding steroid dienone is 6. The topological polar surface area (TPSA) is 61.8 Å². The fourth-order valence-corrected chi connectivity index (χ4v) is 6.59. The van der Waals surface area contributed by atoms with Crippen molar-refractivity contribution < 1.29 is 23.8 Å². The first-order valence-corrected chi connectivity index (χ1v) is 23.5. The molecule has 0 rings (SSSR count). The van der Waals surface area contributed by atoms with E-state index < -0.39 is 6.10 Å². The average Bonchev–Trinajstić information content (AvgIpc) is 3.17. The van der Waals surface area contributed by atoms with Crippen molar-refractivity contribution in [3.8, 4) is 0 Å². The molecule has 54 heavy (non-hydrogen) atoms. The summed E-state index contributed by atoms with van der Waals surface area (Å²) in [6.45, 7) is 7.76. The molecule has 0 aromatic heterocycles. The Balaban J connectivity index is 4.23. The predicted molar refractivity (Wildman–Crippen MR) is 233 cm³/mol. The Morgan fingerprint density at radius 1 is 0.407 bits per heavy atom. The molecule has 0 spiro atoms. The SMILES string of the molecule is CCCCC/C=C\C/C=C\CCCCCCCC(=O)OCC(COCCCCCCCC/C=C\CCCCCC)OC(=O)CCCCCCCCCCC. The molecule has 0 amide bonds. The van der Waals surface area contributed by atoms with Crippen LogP contribution >= 0.6 is 0 Å². The number of esters is 2. The maximum atomic E-state index is 12.7. The second-order valence-corrected chi connectivity index (χ2v) is 15.7. The van der Waals surface area contributed by atoms with E-state index in [1.54, 1.807) is 0 Å². The third-order valence-corrected chi connectivity index (χ3v) is 10.1. The van der Waals surface area contributed by atoms with Crippen LogP contribution in [0, 0.1) is 0 Å². The van der Waals surface area contributed by atoms with Gasteiger partial charge in [-0.15, -0.1) is 0 Å². The van der Waals surface area contributed by atoms with Crippen molar-refractivity contribution in [1.29, 1.82) is 0 Å². The van der Waals surface area contributed by atoms with E-state index in [1.165, 1.54) is 148 Å². The van der Waals surface area contributed by atoms with Crippen LogP contribution in [-0.2, 0) is 23.8 Å². The van der Waals surface area contributed by atoms with Gasteiger partial charge in [-0.1, -0.05) is 186 Å². The highest BCUT2D eigenvalue weighted by atomic mass is 16.6. The van der Waals surface area contributed by atoms with E-state index >= 15 is 0 Å². The minimum Gasteiger partial charge on any atom is -0.462 e. The van der Waals surface area contributed by atoms with E-state index in [2.05, 4.69) is 57.2 Å². The van der Waals surface area contributed by atoms with Gasteiger partial charge in [-0.05, 0) is 77.0 Å². The second kappa shape index (κ2) is 45.5. The average molecular weight is 759 g/mol. The highest BCUT2D eigenvalue weighted by Crippen LogP contribution is 2.13. The van der Waals surface area contributed by atoms with Crippen LogP contribution in [0.25, 0.3) is 0 Å². The van der Waals surface area contributed by atoms with Gasteiger partial charge in [-0.2, -0.15) is 0 Å². The van der Waals surface area contributed by atoms with Gasteiger partial charge in [-0.25, -0.2) is 0 Å². The van der Waals surface area contributed by atoms with Gasteiger partial charge in [0.05, 0.1) is 6.61 Å². The van der Waals surface area contributed by atoms with Crippen LogP contribution in [0.3, 0.4) is 0 Å². The van der Waals surface area contributed by atoms with E-state index in [0.29, 0.717) is 19.4 Å². The van der Waals surface area contributed by atoms with Crippen LogP contribution in [-0.4, -0.2) is 37.9 Å². The Morgan fingerprint density at radius 3 is 1.30 bits per heavy atom. The maximum Gasteiger partial charge on any atom is 0.306 e. The van der Waals surface area contributed by atoms with Gasteiger partial charge in [0.15, 0.2) is 6.10 Å². The lowest BCUT2D eigenvalue weighted by atomic mass is 10.1. The molecule has 1 atom stereocenters. The molecule has 0 aliphatic rings. The predicted octanol–water partition coefficient (Wildman–Crippen LogP) is 15.4. The Labute approximate surface area is 336 Å². The van der Waals surface area contributed by atoms with Crippen molar-refractivity contribution in [3.63, 3.8) is 0 Å². The summed E-state index contributed by atoms with van der Waals surface area (Å²) >= 11 is 0. The lowest BCUT2D eigenvalue weighted by Crippen LogP contribution is -2.30. The fourth-order valence-electron chi connectivity index (χ4n) is 6.59. The molecular weight excluding hydrogens is 669 g/mol. The molecule has 316 valence electrons. The van der Waals surface area contributed by atoms with Crippen LogP contribution in [0.2, 0.25) is 0 Å². The summed E-state index contributed by atoms with van der Waals surface area (Å²) in [6.07, 6.45) is 52.8. The molecule has 1 unspecified atom stereocenters. The highest BCUT2D eigenvalue weighted by Gasteiger charge is 2.17. The first-order chi connectivity index (χ1) is 26.6. The smallest absolute Gasteiger partial charge is 0.306 e. The maximum absolute atomic E-state index is 12.7. The monoisotopic (exact) mass is 759 g/mol. The Bertz CT molecular complexity index is 862. The summed E-state index contributed by atoms with van der Waals surface area (Å²) < 4.78 is 17.3. The summed E-state index contributed by atoms with van der Waals surface area (Å²) in [5.41, 5.74) is 0. The van der Waals surface area contributed by atoms with Crippen molar-refractivity contribution in [2.75, 3.05) is 19.8 Å². The van der Waals surface area contributed by atoms with Gasteiger partial charge in [-0.3, -0.25) is 9.59 Å². The molecule has 5 heteroatoms. The number of carbonyl (C=O) groups excluding carboxylic acids is 2. The summed E-state index contributed by atoms with van der Waals surface area (Å²) in [7, 11) is 0. The molecule has 0 saturated heterocycles. The molecule has 0 saturated carbocycles. The molecule has 0 bridgehead atoms. The van der Waals surface area contributed by atoms with Gasteiger partial charge in [0.2, 0.25) is 0 Å². The second-order valence-electron chi connectivity index (χ2n) is 15.7. The molecular formula is C49H90O5. The van der Waals surface area contributed by atoms with Crippen molar-refractivity contribution in [1.82, 2.24) is 0 Å². The summed E-state index contributed by atoms with van der Waals surface area (Å²) in [4.78, 5) is 25.2. The standard InChI is InChI=1S/C49H90O5/c1-4-7-10-13-16-19-21-23-25-26-28-31-33-36-39-42-48(50)53-46-47(54-49(51)43-40-37-34-30-18-15-12-9-6-3)45-52-44-41-38-35-32-29-27-24-22-20-17-14-11-8-5-2/h16,19-20,22-23,25,47H,4-15,17-18,21,24,26-46H2,1-3H3/b19-16-,22-20-,25-23-. The lowest BCUT2D eigenvalue weighted by Gasteiger charge is -2.18. The van der Waals surface area contributed by atoms with Crippen LogP contribution in [0.1, 0.15) is 239 Å². The minimum atomic E-state index is -0.538. The zero-order chi connectivity index (χ0) is 39.3. The van der Waals surface area contributed by atoms with Gasteiger partial charge in [0, 0.05) is 19.4 Å². The molecule has 0 heterocycles. The molecule has 0 radical (unpaired) electrons.